The fourth-order valence-electron chi connectivity index (χ4n) is 3.26. The van der Waals surface area contributed by atoms with E-state index >= 15 is 0 Å². The molecule has 23 heavy (non-hydrogen) atoms. The Morgan fingerprint density at radius 2 is 1.78 bits per heavy atom. The number of thiophene rings is 1. The van der Waals surface area contributed by atoms with Gasteiger partial charge in [-0.25, -0.2) is 0 Å². The van der Waals surface area contributed by atoms with Crippen molar-refractivity contribution in [2.24, 2.45) is 0 Å². The van der Waals surface area contributed by atoms with Gasteiger partial charge in [-0.1, -0.05) is 6.07 Å². The minimum atomic E-state index is -0.353. The summed E-state index contributed by atoms with van der Waals surface area (Å²) in [5.74, 6) is 0.0290. The average Bonchev–Trinajstić information content (AvgIpc) is 3.25. The van der Waals surface area contributed by atoms with Crippen LogP contribution in [0, 0.1) is 0 Å². The highest BCUT2D eigenvalue weighted by Crippen LogP contribution is 2.24. The Morgan fingerprint density at radius 3 is 2.39 bits per heavy atom. The highest BCUT2D eigenvalue weighted by atomic mass is 32.1. The molecule has 2 aliphatic heterocycles. The van der Waals surface area contributed by atoms with Crippen LogP contribution in [0.25, 0.3) is 0 Å². The smallest absolute Gasteiger partial charge is 0.264 e. The topological polar surface area (TPSA) is 60.9 Å². The summed E-state index contributed by atoms with van der Waals surface area (Å²) in [6, 6.07) is 3.30. The van der Waals surface area contributed by atoms with Crippen LogP contribution in [-0.4, -0.2) is 71.2 Å². The van der Waals surface area contributed by atoms with E-state index < -0.39 is 0 Å². The van der Waals surface area contributed by atoms with E-state index in [9.17, 15) is 14.4 Å². The van der Waals surface area contributed by atoms with Crippen molar-refractivity contribution in [3.63, 3.8) is 0 Å². The zero-order valence-electron chi connectivity index (χ0n) is 13.2. The third-order valence-electron chi connectivity index (χ3n) is 4.57. The zero-order valence-corrected chi connectivity index (χ0v) is 14.1. The normalized spacial score (nSPS) is 21.6. The number of hydrogen-bond donors (Lipinski definition) is 0. The molecule has 0 spiro atoms. The maximum atomic E-state index is 12.8. The number of carbonyl (C=O) groups is 3. The second-order valence-corrected chi connectivity index (χ2v) is 6.91. The van der Waals surface area contributed by atoms with Gasteiger partial charge in [0.05, 0.1) is 4.88 Å². The Balaban J connectivity index is 1.65. The SMILES string of the molecule is CC(=O)N1CCN(C(=O)C2CCCN2C(=O)c2cccs2)CC1. The van der Waals surface area contributed by atoms with E-state index in [2.05, 4.69) is 0 Å². The van der Waals surface area contributed by atoms with E-state index in [1.54, 1.807) is 27.7 Å². The van der Waals surface area contributed by atoms with Crippen LogP contribution in [-0.2, 0) is 9.59 Å². The quantitative estimate of drug-likeness (QED) is 0.811. The van der Waals surface area contributed by atoms with E-state index in [4.69, 9.17) is 0 Å². The first-order chi connectivity index (χ1) is 11.1. The van der Waals surface area contributed by atoms with Crippen molar-refractivity contribution in [1.29, 1.82) is 0 Å². The molecule has 2 fully saturated rings. The summed E-state index contributed by atoms with van der Waals surface area (Å²) in [7, 11) is 0. The fourth-order valence-corrected chi connectivity index (χ4v) is 3.94. The maximum absolute atomic E-state index is 12.8. The van der Waals surface area contributed by atoms with E-state index in [0.717, 1.165) is 12.8 Å². The second-order valence-electron chi connectivity index (χ2n) is 5.97. The van der Waals surface area contributed by atoms with Gasteiger partial charge in [0.15, 0.2) is 0 Å². The number of rotatable bonds is 2. The van der Waals surface area contributed by atoms with Crippen LogP contribution in [0.2, 0.25) is 0 Å². The van der Waals surface area contributed by atoms with E-state index in [0.29, 0.717) is 37.6 Å². The van der Waals surface area contributed by atoms with Crippen molar-refractivity contribution in [3.8, 4) is 0 Å². The molecule has 2 aliphatic rings. The van der Waals surface area contributed by atoms with E-state index in [1.165, 1.54) is 11.3 Å². The number of likely N-dealkylation sites (tertiary alicyclic amines) is 1. The van der Waals surface area contributed by atoms with Gasteiger partial charge in [0, 0.05) is 39.6 Å². The monoisotopic (exact) mass is 335 g/mol. The van der Waals surface area contributed by atoms with Crippen LogP contribution >= 0.6 is 11.3 Å². The summed E-state index contributed by atoms with van der Waals surface area (Å²) < 4.78 is 0. The summed E-state index contributed by atoms with van der Waals surface area (Å²) in [5, 5.41) is 1.88. The molecule has 6 nitrogen and oxygen atoms in total. The molecule has 2 saturated heterocycles. The van der Waals surface area contributed by atoms with Crippen molar-refractivity contribution >= 4 is 29.1 Å². The molecule has 124 valence electrons. The van der Waals surface area contributed by atoms with Gasteiger partial charge in [-0.15, -0.1) is 11.3 Å². The fraction of sp³-hybridized carbons (Fsp3) is 0.562. The molecule has 1 aromatic heterocycles. The summed E-state index contributed by atoms with van der Waals surface area (Å²) in [5.41, 5.74) is 0. The number of amides is 3. The molecule has 3 amide bonds. The molecule has 0 N–H and O–H groups in total. The standard InChI is InChI=1S/C16H21N3O3S/c1-12(20)17-7-9-18(10-8-17)15(21)13-4-2-6-19(13)16(22)14-5-3-11-23-14/h3,5,11,13H,2,4,6-10H2,1H3. The van der Waals surface area contributed by atoms with Crippen LogP contribution in [0.1, 0.15) is 29.4 Å². The molecule has 7 heteroatoms. The Labute approximate surface area is 139 Å². The van der Waals surface area contributed by atoms with Crippen LogP contribution in [0.15, 0.2) is 17.5 Å². The van der Waals surface area contributed by atoms with Crippen LogP contribution < -0.4 is 0 Å². The summed E-state index contributed by atoms with van der Waals surface area (Å²) in [6.07, 6.45) is 1.59. The van der Waals surface area contributed by atoms with E-state index in [1.807, 2.05) is 11.4 Å². The lowest BCUT2D eigenvalue weighted by atomic mass is 10.1. The predicted octanol–water partition coefficient (Wildman–Crippen LogP) is 1.04. The number of piperazine rings is 1. The average molecular weight is 335 g/mol. The summed E-state index contributed by atoms with van der Waals surface area (Å²) >= 11 is 1.41. The predicted molar refractivity (Wildman–Crippen MR) is 87.2 cm³/mol. The third-order valence-corrected chi connectivity index (χ3v) is 5.43. The molecule has 0 radical (unpaired) electrons. The van der Waals surface area contributed by atoms with Gasteiger partial charge in [0.2, 0.25) is 11.8 Å². The molecular formula is C16H21N3O3S. The molecule has 0 bridgehead atoms. The van der Waals surface area contributed by atoms with Gasteiger partial charge >= 0.3 is 0 Å². The first kappa shape index (κ1) is 16.0. The minimum absolute atomic E-state index is 0.0237. The largest absolute Gasteiger partial charge is 0.339 e. The number of carbonyl (C=O) groups excluding carboxylic acids is 3. The van der Waals surface area contributed by atoms with Gasteiger partial charge in [-0.2, -0.15) is 0 Å². The number of nitrogens with zero attached hydrogens (tertiary/aromatic N) is 3. The van der Waals surface area contributed by atoms with Crippen molar-refractivity contribution in [1.82, 2.24) is 14.7 Å². The maximum Gasteiger partial charge on any atom is 0.264 e. The molecule has 1 atom stereocenters. The van der Waals surface area contributed by atoms with Gasteiger partial charge in [0.25, 0.3) is 5.91 Å². The molecule has 0 saturated carbocycles. The highest BCUT2D eigenvalue weighted by Gasteiger charge is 2.38. The lowest BCUT2D eigenvalue weighted by Crippen LogP contribution is -2.55. The first-order valence-corrected chi connectivity index (χ1v) is 8.84. The molecule has 0 aromatic carbocycles. The Kier molecular flexibility index (Phi) is 4.66. The Morgan fingerprint density at radius 1 is 1.09 bits per heavy atom. The van der Waals surface area contributed by atoms with Gasteiger partial charge in [-0.3, -0.25) is 14.4 Å². The highest BCUT2D eigenvalue weighted by molar-refractivity contribution is 7.12. The van der Waals surface area contributed by atoms with Gasteiger partial charge in [-0.05, 0) is 24.3 Å². The number of hydrogen-bond acceptors (Lipinski definition) is 4. The Hall–Kier alpha value is -1.89. The second kappa shape index (κ2) is 6.70. The van der Waals surface area contributed by atoms with Crippen LogP contribution in [0.4, 0.5) is 0 Å². The van der Waals surface area contributed by atoms with Gasteiger partial charge < -0.3 is 14.7 Å². The molecule has 0 aliphatic carbocycles. The van der Waals surface area contributed by atoms with E-state index in [-0.39, 0.29) is 23.8 Å². The lowest BCUT2D eigenvalue weighted by Gasteiger charge is -2.36. The van der Waals surface area contributed by atoms with Crippen molar-refractivity contribution in [2.75, 3.05) is 32.7 Å². The molecule has 1 unspecified atom stereocenters. The molecule has 3 heterocycles. The first-order valence-electron chi connectivity index (χ1n) is 7.96. The van der Waals surface area contributed by atoms with Crippen molar-refractivity contribution in [2.45, 2.75) is 25.8 Å². The Bertz CT molecular complexity index is 594. The van der Waals surface area contributed by atoms with Gasteiger partial charge in [0.1, 0.15) is 6.04 Å². The third kappa shape index (κ3) is 3.24. The lowest BCUT2D eigenvalue weighted by molar-refractivity contribution is -0.141. The summed E-state index contributed by atoms with van der Waals surface area (Å²) in [6.45, 7) is 4.45. The minimum Gasteiger partial charge on any atom is -0.339 e. The van der Waals surface area contributed by atoms with Crippen LogP contribution in [0.3, 0.4) is 0 Å². The van der Waals surface area contributed by atoms with Crippen molar-refractivity contribution < 1.29 is 14.4 Å². The molecule has 3 rings (SSSR count). The zero-order chi connectivity index (χ0) is 16.4. The molecular weight excluding hydrogens is 314 g/mol. The van der Waals surface area contributed by atoms with Crippen molar-refractivity contribution in [3.05, 3.63) is 22.4 Å². The summed E-state index contributed by atoms with van der Waals surface area (Å²) in [4.78, 5) is 42.7. The molecule has 1 aromatic rings. The van der Waals surface area contributed by atoms with Crippen LogP contribution in [0.5, 0.6) is 0 Å².